The van der Waals surface area contributed by atoms with E-state index in [9.17, 15) is 9.59 Å². The van der Waals surface area contributed by atoms with Crippen molar-refractivity contribution in [3.05, 3.63) is 63.6 Å². The second-order valence-corrected chi connectivity index (χ2v) is 5.57. The van der Waals surface area contributed by atoms with E-state index >= 15 is 0 Å². The Hall–Kier alpha value is -2.18. The fourth-order valence-corrected chi connectivity index (χ4v) is 1.97. The summed E-state index contributed by atoms with van der Waals surface area (Å²) in [5, 5.41) is 6.61. The van der Waals surface area contributed by atoms with Crippen LogP contribution in [-0.2, 0) is 9.59 Å². The standard InChI is InChI=1S/C15H11BrClN3O2/c16-11-6-4-10(5-7-11)9-18-20-15(22)14(21)19-13-3-1-2-12(17)8-13/h1-9H,(H,19,21)(H,20,22)/b18-9-. The average Bonchev–Trinajstić information content (AvgIpc) is 2.49. The van der Waals surface area contributed by atoms with Gasteiger partial charge in [0.15, 0.2) is 0 Å². The molecule has 0 unspecified atom stereocenters. The van der Waals surface area contributed by atoms with Crippen LogP contribution in [0.1, 0.15) is 5.56 Å². The highest BCUT2D eigenvalue weighted by Crippen LogP contribution is 2.14. The summed E-state index contributed by atoms with van der Waals surface area (Å²) in [5.74, 6) is -1.69. The van der Waals surface area contributed by atoms with Gasteiger partial charge in [-0.05, 0) is 35.9 Å². The lowest BCUT2D eigenvalue weighted by Crippen LogP contribution is -2.32. The molecular weight excluding hydrogens is 370 g/mol. The Bertz CT molecular complexity index is 717. The number of halogens is 2. The van der Waals surface area contributed by atoms with Crippen LogP contribution in [0.25, 0.3) is 0 Å². The van der Waals surface area contributed by atoms with E-state index in [0.717, 1.165) is 10.0 Å². The summed E-state index contributed by atoms with van der Waals surface area (Å²) < 4.78 is 0.939. The van der Waals surface area contributed by atoms with Gasteiger partial charge in [0.05, 0.1) is 6.21 Å². The SMILES string of the molecule is O=C(N/N=C\c1ccc(Br)cc1)C(=O)Nc1cccc(Cl)c1. The molecule has 0 aliphatic heterocycles. The molecule has 5 nitrogen and oxygen atoms in total. The topological polar surface area (TPSA) is 70.6 Å². The lowest BCUT2D eigenvalue weighted by atomic mass is 10.2. The number of hydrogen-bond donors (Lipinski definition) is 2. The van der Waals surface area contributed by atoms with Gasteiger partial charge in [0.1, 0.15) is 0 Å². The van der Waals surface area contributed by atoms with Gasteiger partial charge < -0.3 is 5.32 Å². The van der Waals surface area contributed by atoms with Gasteiger partial charge in [-0.15, -0.1) is 0 Å². The first-order valence-corrected chi connectivity index (χ1v) is 7.37. The minimum atomic E-state index is -0.867. The Morgan fingerprint density at radius 2 is 1.82 bits per heavy atom. The summed E-state index contributed by atoms with van der Waals surface area (Å²) in [4.78, 5) is 23.3. The molecule has 0 heterocycles. The van der Waals surface area contributed by atoms with Crippen LogP contribution in [0, 0.1) is 0 Å². The molecular formula is C15H11BrClN3O2. The van der Waals surface area contributed by atoms with Crippen LogP contribution in [-0.4, -0.2) is 18.0 Å². The second-order valence-electron chi connectivity index (χ2n) is 4.22. The number of amides is 2. The number of nitrogens with one attached hydrogen (secondary N) is 2. The van der Waals surface area contributed by atoms with E-state index in [4.69, 9.17) is 11.6 Å². The number of hydrogen-bond acceptors (Lipinski definition) is 3. The highest BCUT2D eigenvalue weighted by molar-refractivity contribution is 9.10. The molecule has 0 saturated carbocycles. The maximum absolute atomic E-state index is 11.7. The van der Waals surface area contributed by atoms with Crippen molar-refractivity contribution < 1.29 is 9.59 Å². The molecule has 0 bridgehead atoms. The first-order valence-electron chi connectivity index (χ1n) is 6.20. The Morgan fingerprint density at radius 3 is 2.50 bits per heavy atom. The van der Waals surface area contributed by atoms with E-state index in [0.29, 0.717) is 10.7 Å². The minimum Gasteiger partial charge on any atom is -0.318 e. The van der Waals surface area contributed by atoms with Crippen molar-refractivity contribution in [2.24, 2.45) is 5.10 Å². The van der Waals surface area contributed by atoms with E-state index in [1.807, 2.05) is 24.3 Å². The van der Waals surface area contributed by atoms with Gasteiger partial charge in [-0.25, -0.2) is 5.43 Å². The maximum atomic E-state index is 11.7. The molecule has 2 rings (SSSR count). The van der Waals surface area contributed by atoms with Crippen molar-refractivity contribution in [3.8, 4) is 0 Å². The number of hydrazone groups is 1. The van der Waals surface area contributed by atoms with Crippen LogP contribution >= 0.6 is 27.5 Å². The maximum Gasteiger partial charge on any atom is 0.329 e. The van der Waals surface area contributed by atoms with Crippen LogP contribution in [0.4, 0.5) is 5.69 Å². The Balaban J connectivity index is 1.89. The van der Waals surface area contributed by atoms with Crippen molar-refractivity contribution in [1.82, 2.24) is 5.43 Å². The Kier molecular flexibility index (Phi) is 5.68. The highest BCUT2D eigenvalue weighted by atomic mass is 79.9. The Labute approximate surface area is 140 Å². The summed E-state index contributed by atoms with van der Waals surface area (Å²) >= 11 is 9.11. The van der Waals surface area contributed by atoms with Crippen molar-refractivity contribution in [2.45, 2.75) is 0 Å². The quantitative estimate of drug-likeness (QED) is 0.488. The molecule has 112 valence electrons. The molecule has 0 saturated heterocycles. The second kappa shape index (κ2) is 7.72. The van der Waals surface area contributed by atoms with Crippen molar-refractivity contribution in [3.63, 3.8) is 0 Å². The van der Waals surface area contributed by atoms with Gasteiger partial charge in [-0.2, -0.15) is 5.10 Å². The molecule has 2 aromatic rings. The summed E-state index contributed by atoms with van der Waals surface area (Å²) in [7, 11) is 0. The zero-order valence-corrected chi connectivity index (χ0v) is 13.6. The van der Waals surface area contributed by atoms with Crippen molar-refractivity contribution in [2.75, 3.05) is 5.32 Å². The minimum absolute atomic E-state index is 0.435. The predicted octanol–water partition coefficient (Wildman–Crippen LogP) is 3.19. The molecule has 0 radical (unpaired) electrons. The molecule has 2 N–H and O–H groups in total. The van der Waals surface area contributed by atoms with Crippen LogP contribution in [0.2, 0.25) is 5.02 Å². The van der Waals surface area contributed by atoms with Crippen LogP contribution in [0.15, 0.2) is 58.1 Å². The van der Waals surface area contributed by atoms with Gasteiger partial charge in [0.2, 0.25) is 0 Å². The summed E-state index contributed by atoms with van der Waals surface area (Å²) in [6, 6.07) is 13.8. The monoisotopic (exact) mass is 379 g/mol. The molecule has 0 fully saturated rings. The summed E-state index contributed by atoms with van der Waals surface area (Å²) in [6.45, 7) is 0. The number of benzene rings is 2. The highest BCUT2D eigenvalue weighted by Gasteiger charge is 2.12. The fraction of sp³-hybridized carbons (Fsp3) is 0. The van der Waals surface area contributed by atoms with Crippen LogP contribution in [0.5, 0.6) is 0 Å². The van der Waals surface area contributed by atoms with Gasteiger partial charge in [0.25, 0.3) is 0 Å². The lowest BCUT2D eigenvalue weighted by molar-refractivity contribution is -0.136. The number of rotatable bonds is 3. The number of anilines is 1. The number of carbonyl (C=O) groups is 2. The molecule has 2 aromatic carbocycles. The van der Waals surface area contributed by atoms with Crippen LogP contribution < -0.4 is 10.7 Å². The van der Waals surface area contributed by atoms with E-state index in [-0.39, 0.29) is 0 Å². The average molecular weight is 381 g/mol. The van der Waals surface area contributed by atoms with Gasteiger partial charge in [-0.1, -0.05) is 45.7 Å². The van der Waals surface area contributed by atoms with Gasteiger partial charge in [0, 0.05) is 15.2 Å². The van der Waals surface area contributed by atoms with Crippen molar-refractivity contribution >= 4 is 51.2 Å². The molecule has 0 spiro atoms. The summed E-state index contributed by atoms with van der Waals surface area (Å²) in [5.41, 5.74) is 3.38. The normalized spacial score (nSPS) is 10.5. The Morgan fingerprint density at radius 1 is 1.09 bits per heavy atom. The molecule has 2 amide bonds. The third-order valence-electron chi connectivity index (χ3n) is 2.54. The zero-order chi connectivity index (χ0) is 15.9. The van der Waals surface area contributed by atoms with Gasteiger partial charge >= 0.3 is 11.8 Å². The third kappa shape index (κ3) is 4.98. The molecule has 0 atom stereocenters. The molecule has 22 heavy (non-hydrogen) atoms. The molecule has 0 aromatic heterocycles. The first-order chi connectivity index (χ1) is 10.5. The van der Waals surface area contributed by atoms with E-state index < -0.39 is 11.8 Å². The van der Waals surface area contributed by atoms with E-state index in [2.05, 4.69) is 31.8 Å². The largest absolute Gasteiger partial charge is 0.329 e. The molecule has 7 heteroatoms. The van der Waals surface area contributed by atoms with Crippen molar-refractivity contribution in [1.29, 1.82) is 0 Å². The smallest absolute Gasteiger partial charge is 0.318 e. The number of carbonyl (C=O) groups excluding carboxylic acids is 2. The first kappa shape index (κ1) is 16.2. The van der Waals surface area contributed by atoms with E-state index in [1.165, 1.54) is 12.3 Å². The number of nitrogens with zero attached hydrogens (tertiary/aromatic N) is 1. The predicted molar refractivity (Wildman–Crippen MR) is 90.0 cm³/mol. The summed E-state index contributed by atoms with van der Waals surface area (Å²) in [6.07, 6.45) is 1.44. The fourth-order valence-electron chi connectivity index (χ4n) is 1.52. The van der Waals surface area contributed by atoms with E-state index in [1.54, 1.807) is 18.2 Å². The molecule has 0 aliphatic carbocycles. The lowest BCUT2D eigenvalue weighted by Gasteiger charge is -2.03. The van der Waals surface area contributed by atoms with Crippen LogP contribution in [0.3, 0.4) is 0 Å². The van der Waals surface area contributed by atoms with Gasteiger partial charge in [-0.3, -0.25) is 9.59 Å². The third-order valence-corrected chi connectivity index (χ3v) is 3.30. The molecule has 0 aliphatic rings. The zero-order valence-electron chi connectivity index (χ0n) is 11.2.